The average molecular weight is 360 g/mol. The van der Waals surface area contributed by atoms with Gasteiger partial charge in [0.05, 0.1) is 0 Å². The summed E-state index contributed by atoms with van der Waals surface area (Å²) < 4.78 is 0. The maximum absolute atomic E-state index is 13.0. The number of amides is 2. The van der Waals surface area contributed by atoms with E-state index in [0.29, 0.717) is 11.5 Å². The maximum atomic E-state index is 13.0. The molecule has 0 aromatic heterocycles. The Morgan fingerprint density at radius 1 is 1.15 bits per heavy atom. The second kappa shape index (κ2) is 9.72. The average Bonchev–Trinajstić information content (AvgIpc) is 2.64. The maximum Gasteiger partial charge on any atom is 0.251 e. The van der Waals surface area contributed by atoms with Crippen molar-refractivity contribution in [2.45, 2.75) is 46.6 Å². The SMILES string of the molecule is CCNCC1CCN(C(=O)C(NC(=O)c2ccc(C)cc2)C(C)C)CC1. The molecule has 0 aliphatic carbocycles. The van der Waals surface area contributed by atoms with Gasteiger partial charge in [-0.05, 0) is 56.8 Å². The summed E-state index contributed by atoms with van der Waals surface area (Å²) in [6.07, 6.45) is 2.05. The summed E-state index contributed by atoms with van der Waals surface area (Å²) in [6.45, 7) is 11.6. The number of nitrogens with zero attached hydrogens (tertiary/aromatic N) is 1. The lowest BCUT2D eigenvalue weighted by molar-refractivity contribution is -0.135. The second-order valence-electron chi connectivity index (χ2n) is 7.64. The van der Waals surface area contributed by atoms with E-state index in [4.69, 9.17) is 0 Å². The summed E-state index contributed by atoms with van der Waals surface area (Å²) in [4.78, 5) is 27.4. The topological polar surface area (TPSA) is 61.4 Å². The third-order valence-electron chi connectivity index (χ3n) is 5.14. The van der Waals surface area contributed by atoms with Crippen molar-refractivity contribution in [1.82, 2.24) is 15.5 Å². The first-order valence-corrected chi connectivity index (χ1v) is 9.79. The fourth-order valence-electron chi connectivity index (χ4n) is 3.35. The van der Waals surface area contributed by atoms with Gasteiger partial charge in [0.2, 0.25) is 5.91 Å². The summed E-state index contributed by atoms with van der Waals surface area (Å²) in [5.74, 6) is 0.552. The number of benzene rings is 1. The number of hydrogen-bond donors (Lipinski definition) is 2. The van der Waals surface area contributed by atoms with E-state index in [2.05, 4.69) is 17.6 Å². The van der Waals surface area contributed by atoms with Crippen molar-refractivity contribution in [3.8, 4) is 0 Å². The minimum Gasteiger partial charge on any atom is -0.341 e. The Balaban J connectivity index is 1.95. The molecule has 5 heteroatoms. The quantitative estimate of drug-likeness (QED) is 0.787. The molecule has 5 nitrogen and oxygen atoms in total. The fourth-order valence-corrected chi connectivity index (χ4v) is 3.35. The van der Waals surface area contributed by atoms with Crippen LogP contribution in [-0.4, -0.2) is 48.9 Å². The lowest BCUT2D eigenvalue weighted by atomic mass is 9.95. The van der Waals surface area contributed by atoms with Crippen LogP contribution in [0.15, 0.2) is 24.3 Å². The van der Waals surface area contributed by atoms with Crippen molar-refractivity contribution in [3.63, 3.8) is 0 Å². The number of rotatable bonds is 7. The molecule has 1 aliphatic heterocycles. The van der Waals surface area contributed by atoms with E-state index in [1.54, 1.807) is 12.1 Å². The Morgan fingerprint density at radius 3 is 2.31 bits per heavy atom. The van der Waals surface area contributed by atoms with E-state index in [-0.39, 0.29) is 17.7 Å². The number of aryl methyl sites for hydroxylation is 1. The van der Waals surface area contributed by atoms with Gasteiger partial charge in [-0.1, -0.05) is 38.5 Å². The Kier molecular flexibility index (Phi) is 7.64. The third-order valence-corrected chi connectivity index (χ3v) is 5.14. The summed E-state index contributed by atoms with van der Waals surface area (Å²) >= 11 is 0. The van der Waals surface area contributed by atoms with Crippen LogP contribution in [0.2, 0.25) is 0 Å². The molecule has 26 heavy (non-hydrogen) atoms. The molecule has 0 radical (unpaired) electrons. The van der Waals surface area contributed by atoms with Crippen LogP contribution in [0.5, 0.6) is 0 Å². The smallest absolute Gasteiger partial charge is 0.251 e. The molecule has 2 amide bonds. The van der Waals surface area contributed by atoms with Crippen LogP contribution >= 0.6 is 0 Å². The molecule has 1 aliphatic rings. The lowest BCUT2D eigenvalue weighted by Crippen LogP contribution is -2.53. The zero-order valence-electron chi connectivity index (χ0n) is 16.5. The highest BCUT2D eigenvalue weighted by Gasteiger charge is 2.31. The molecular weight excluding hydrogens is 326 g/mol. The predicted molar refractivity (Wildman–Crippen MR) is 105 cm³/mol. The van der Waals surface area contributed by atoms with Crippen molar-refractivity contribution in [3.05, 3.63) is 35.4 Å². The molecule has 1 aromatic carbocycles. The summed E-state index contributed by atoms with van der Waals surface area (Å²) in [7, 11) is 0. The number of hydrogen-bond acceptors (Lipinski definition) is 3. The molecule has 1 atom stereocenters. The van der Waals surface area contributed by atoms with Crippen LogP contribution in [0.4, 0.5) is 0 Å². The van der Waals surface area contributed by atoms with Gasteiger partial charge in [-0.2, -0.15) is 0 Å². The van der Waals surface area contributed by atoms with Crippen molar-refractivity contribution < 1.29 is 9.59 Å². The fraction of sp³-hybridized carbons (Fsp3) is 0.619. The van der Waals surface area contributed by atoms with Crippen LogP contribution in [0.3, 0.4) is 0 Å². The molecule has 1 saturated heterocycles. The largest absolute Gasteiger partial charge is 0.341 e. The Hall–Kier alpha value is -1.88. The van der Waals surface area contributed by atoms with E-state index in [1.807, 2.05) is 37.8 Å². The van der Waals surface area contributed by atoms with Crippen molar-refractivity contribution in [2.75, 3.05) is 26.2 Å². The van der Waals surface area contributed by atoms with Gasteiger partial charge in [-0.3, -0.25) is 9.59 Å². The summed E-state index contributed by atoms with van der Waals surface area (Å²) in [5.41, 5.74) is 1.71. The summed E-state index contributed by atoms with van der Waals surface area (Å²) in [5, 5.41) is 6.34. The molecular formula is C21H33N3O2. The molecule has 0 bridgehead atoms. The van der Waals surface area contributed by atoms with Crippen LogP contribution < -0.4 is 10.6 Å². The highest BCUT2D eigenvalue weighted by atomic mass is 16.2. The number of likely N-dealkylation sites (tertiary alicyclic amines) is 1. The van der Waals surface area contributed by atoms with Crippen molar-refractivity contribution in [1.29, 1.82) is 0 Å². The number of piperidine rings is 1. The first kappa shape index (κ1) is 20.4. The molecule has 0 saturated carbocycles. The second-order valence-corrected chi connectivity index (χ2v) is 7.64. The van der Waals surface area contributed by atoms with E-state index in [0.717, 1.165) is 44.6 Å². The first-order chi connectivity index (χ1) is 12.4. The monoisotopic (exact) mass is 359 g/mol. The van der Waals surface area contributed by atoms with E-state index < -0.39 is 6.04 Å². The van der Waals surface area contributed by atoms with Crippen molar-refractivity contribution >= 4 is 11.8 Å². The van der Waals surface area contributed by atoms with Crippen molar-refractivity contribution in [2.24, 2.45) is 11.8 Å². The van der Waals surface area contributed by atoms with E-state index >= 15 is 0 Å². The van der Waals surface area contributed by atoms with Crippen LogP contribution in [0, 0.1) is 18.8 Å². The van der Waals surface area contributed by atoms with Gasteiger partial charge in [0.25, 0.3) is 5.91 Å². The van der Waals surface area contributed by atoms with E-state index in [9.17, 15) is 9.59 Å². The number of carbonyl (C=O) groups excluding carboxylic acids is 2. The first-order valence-electron chi connectivity index (χ1n) is 9.79. The minimum absolute atomic E-state index is 0.0439. The van der Waals surface area contributed by atoms with Crippen LogP contribution in [-0.2, 0) is 4.79 Å². The van der Waals surface area contributed by atoms with Gasteiger partial charge < -0.3 is 15.5 Å². The molecule has 1 unspecified atom stereocenters. The van der Waals surface area contributed by atoms with Gasteiger partial charge in [0.1, 0.15) is 6.04 Å². The van der Waals surface area contributed by atoms with Crippen LogP contribution in [0.1, 0.15) is 49.5 Å². The van der Waals surface area contributed by atoms with Gasteiger partial charge in [-0.15, -0.1) is 0 Å². The number of nitrogens with one attached hydrogen (secondary N) is 2. The van der Waals surface area contributed by atoms with E-state index in [1.165, 1.54) is 0 Å². The highest BCUT2D eigenvalue weighted by Crippen LogP contribution is 2.19. The zero-order chi connectivity index (χ0) is 19.1. The molecule has 1 heterocycles. The molecule has 0 spiro atoms. The van der Waals surface area contributed by atoms with Gasteiger partial charge in [0.15, 0.2) is 0 Å². The van der Waals surface area contributed by atoms with Crippen LogP contribution in [0.25, 0.3) is 0 Å². The third kappa shape index (κ3) is 5.56. The minimum atomic E-state index is -0.478. The molecule has 1 fully saturated rings. The zero-order valence-corrected chi connectivity index (χ0v) is 16.5. The lowest BCUT2D eigenvalue weighted by Gasteiger charge is -2.35. The molecule has 1 aromatic rings. The highest BCUT2D eigenvalue weighted by molar-refractivity contribution is 5.97. The number of carbonyl (C=O) groups is 2. The Bertz CT molecular complexity index is 590. The van der Waals surface area contributed by atoms with Gasteiger partial charge in [-0.25, -0.2) is 0 Å². The predicted octanol–water partition coefficient (Wildman–Crippen LogP) is 2.60. The molecule has 2 N–H and O–H groups in total. The van der Waals surface area contributed by atoms with Gasteiger partial charge >= 0.3 is 0 Å². The standard InChI is InChI=1S/C21H33N3O2/c1-5-22-14-17-10-12-24(13-11-17)21(26)19(15(2)3)23-20(25)18-8-6-16(4)7-9-18/h6-9,15,17,19,22H,5,10-14H2,1-4H3,(H,23,25). The summed E-state index contributed by atoms with van der Waals surface area (Å²) in [6, 6.07) is 6.96. The molecule has 2 rings (SSSR count). The Morgan fingerprint density at radius 2 is 1.77 bits per heavy atom. The van der Waals surface area contributed by atoms with Gasteiger partial charge in [0, 0.05) is 18.7 Å². The molecule has 144 valence electrons. The Labute approximate surface area is 157 Å². The normalized spacial score (nSPS) is 16.6.